The van der Waals surface area contributed by atoms with Gasteiger partial charge in [0.1, 0.15) is 5.82 Å². The third-order valence-electron chi connectivity index (χ3n) is 6.22. The molecule has 0 N–H and O–H groups in total. The van der Waals surface area contributed by atoms with Crippen molar-refractivity contribution in [1.82, 2.24) is 14.6 Å². The first kappa shape index (κ1) is 27.0. The molecule has 0 saturated carbocycles. The molecule has 1 saturated heterocycles. The lowest BCUT2D eigenvalue weighted by atomic mass is 10.1. The molecule has 0 amide bonds. The monoisotopic (exact) mass is 514 g/mol. The number of fused-ring (bicyclic) bond motifs is 1. The molecular formula is C31H38N4OS. The number of aromatic nitrogens is 3. The number of ether oxygens (including phenoxy) is 1. The maximum Gasteiger partial charge on any atom is 0.158 e. The van der Waals surface area contributed by atoms with Gasteiger partial charge in [0.25, 0.3) is 0 Å². The molecule has 5 nitrogen and oxygen atoms in total. The zero-order valence-electron chi connectivity index (χ0n) is 22.4. The Labute approximate surface area is 225 Å². The van der Waals surface area contributed by atoms with Crippen LogP contribution in [-0.4, -0.2) is 40.9 Å². The third-order valence-corrected chi connectivity index (χ3v) is 7.47. The van der Waals surface area contributed by atoms with Crippen LogP contribution in [0.4, 0.5) is 5.82 Å². The van der Waals surface area contributed by atoms with E-state index in [0.717, 1.165) is 67.6 Å². The van der Waals surface area contributed by atoms with Crippen LogP contribution in [0.3, 0.4) is 0 Å². The van der Waals surface area contributed by atoms with Gasteiger partial charge in [-0.25, -0.2) is 4.98 Å². The van der Waals surface area contributed by atoms with Gasteiger partial charge in [-0.3, -0.25) is 0 Å². The number of allylic oxidation sites excluding steroid dienone is 7. The molecular weight excluding hydrogens is 476 g/mol. The summed E-state index contributed by atoms with van der Waals surface area (Å²) in [6.07, 6.45) is 14.9. The summed E-state index contributed by atoms with van der Waals surface area (Å²) >= 11 is 1.87. The lowest BCUT2D eigenvalue weighted by Gasteiger charge is -2.29. The van der Waals surface area contributed by atoms with Crippen molar-refractivity contribution in [3.63, 3.8) is 0 Å². The fourth-order valence-electron chi connectivity index (χ4n) is 4.33. The Hall–Kier alpha value is -3.09. The van der Waals surface area contributed by atoms with Gasteiger partial charge in [0.15, 0.2) is 5.65 Å². The first-order chi connectivity index (χ1) is 18.1. The van der Waals surface area contributed by atoms with Gasteiger partial charge in [0.2, 0.25) is 0 Å². The maximum atomic E-state index is 5.65. The number of hydrogen-bond acceptors (Lipinski definition) is 5. The average Bonchev–Trinajstić information content (AvgIpc) is 3.37. The summed E-state index contributed by atoms with van der Waals surface area (Å²) < 4.78 is 7.65. The SMILES string of the molecule is C\C=C/C(=C\C=C\CC)c1cc2nc(C(C)S/C(=C\CC)c3ccccc3)cc(N3CCOCC3)n2n1. The molecule has 1 aromatic carbocycles. The molecule has 2 aromatic heterocycles. The predicted molar refractivity (Wildman–Crippen MR) is 159 cm³/mol. The summed E-state index contributed by atoms with van der Waals surface area (Å²) in [5, 5.41) is 5.20. The fraction of sp³-hybridized carbons (Fsp3) is 0.355. The molecule has 1 fully saturated rings. The summed E-state index contributed by atoms with van der Waals surface area (Å²) in [5.41, 5.74) is 5.19. The van der Waals surface area contributed by atoms with Gasteiger partial charge < -0.3 is 9.64 Å². The lowest BCUT2D eigenvalue weighted by molar-refractivity contribution is 0.122. The van der Waals surface area contributed by atoms with Crippen molar-refractivity contribution in [3.8, 4) is 0 Å². The van der Waals surface area contributed by atoms with Crippen LogP contribution in [-0.2, 0) is 4.74 Å². The average molecular weight is 515 g/mol. The van der Waals surface area contributed by atoms with Crippen LogP contribution in [0, 0.1) is 0 Å². The topological polar surface area (TPSA) is 42.7 Å². The molecule has 1 atom stereocenters. The highest BCUT2D eigenvalue weighted by Crippen LogP contribution is 2.40. The Bertz CT molecular complexity index is 1280. The zero-order valence-corrected chi connectivity index (χ0v) is 23.2. The minimum absolute atomic E-state index is 0.180. The van der Waals surface area contributed by atoms with E-state index in [4.69, 9.17) is 14.8 Å². The van der Waals surface area contributed by atoms with Crippen molar-refractivity contribution in [2.45, 2.75) is 45.8 Å². The number of nitrogens with zero attached hydrogens (tertiary/aromatic N) is 4. The smallest absolute Gasteiger partial charge is 0.158 e. The second-order valence-corrected chi connectivity index (χ2v) is 10.4. The molecule has 0 spiro atoms. The van der Waals surface area contributed by atoms with E-state index >= 15 is 0 Å². The predicted octanol–water partition coefficient (Wildman–Crippen LogP) is 7.74. The van der Waals surface area contributed by atoms with Gasteiger partial charge in [-0.1, -0.05) is 80.6 Å². The van der Waals surface area contributed by atoms with Crippen LogP contribution >= 0.6 is 11.8 Å². The number of benzene rings is 1. The first-order valence-electron chi connectivity index (χ1n) is 13.3. The number of rotatable bonds is 10. The van der Waals surface area contributed by atoms with E-state index in [-0.39, 0.29) is 5.25 Å². The summed E-state index contributed by atoms with van der Waals surface area (Å²) in [6.45, 7) is 11.7. The van der Waals surface area contributed by atoms with E-state index in [2.05, 4.69) is 105 Å². The molecule has 194 valence electrons. The number of hydrogen-bond donors (Lipinski definition) is 0. The van der Waals surface area contributed by atoms with Crippen molar-refractivity contribution >= 4 is 33.7 Å². The Morgan fingerprint density at radius 2 is 1.89 bits per heavy atom. The molecule has 0 aliphatic carbocycles. The second kappa shape index (κ2) is 13.5. The van der Waals surface area contributed by atoms with E-state index in [1.165, 1.54) is 10.5 Å². The summed E-state index contributed by atoms with van der Waals surface area (Å²) in [7, 11) is 0. The Kier molecular flexibility index (Phi) is 9.80. The van der Waals surface area contributed by atoms with Gasteiger partial charge >= 0.3 is 0 Å². The Morgan fingerprint density at radius 3 is 2.59 bits per heavy atom. The van der Waals surface area contributed by atoms with Crippen LogP contribution in [0.25, 0.3) is 16.1 Å². The standard InChI is InChI=1S/C31H38N4OS/c1-5-8-10-15-25(13-6-2)28-22-30-32-27(23-31(35(30)33-28)34-18-20-36-21-19-34)24(4)37-29(14-7-3)26-16-11-9-12-17-26/h6,8-17,22-24H,5,7,18-21H2,1-4H3/b10-8+,13-6-,25-15+,29-14-. The fourth-order valence-corrected chi connectivity index (χ4v) is 5.49. The number of thioether (sulfide) groups is 1. The molecule has 0 bridgehead atoms. The van der Waals surface area contributed by atoms with Crippen molar-refractivity contribution in [3.05, 3.63) is 95.9 Å². The van der Waals surface area contributed by atoms with E-state index in [9.17, 15) is 0 Å². The highest BCUT2D eigenvalue weighted by Gasteiger charge is 2.21. The molecule has 6 heteroatoms. The minimum Gasteiger partial charge on any atom is -0.378 e. The zero-order chi connectivity index (χ0) is 26.0. The van der Waals surface area contributed by atoms with Crippen molar-refractivity contribution < 1.29 is 4.74 Å². The lowest BCUT2D eigenvalue weighted by Crippen LogP contribution is -2.37. The molecule has 37 heavy (non-hydrogen) atoms. The van der Waals surface area contributed by atoms with Crippen LogP contribution < -0.4 is 4.90 Å². The second-order valence-electron chi connectivity index (χ2n) is 9.00. The summed E-state index contributed by atoms with van der Waals surface area (Å²) in [5.74, 6) is 1.08. The van der Waals surface area contributed by atoms with Gasteiger partial charge in [-0.15, -0.1) is 11.8 Å². The minimum atomic E-state index is 0.180. The Morgan fingerprint density at radius 1 is 1.11 bits per heavy atom. The highest BCUT2D eigenvalue weighted by molar-refractivity contribution is 8.08. The van der Waals surface area contributed by atoms with Crippen molar-refractivity contribution in [1.29, 1.82) is 0 Å². The summed E-state index contributed by atoms with van der Waals surface area (Å²) in [4.78, 5) is 8.78. The largest absolute Gasteiger partial charge is 0.378 e. The molecule has 4 rings (SSSR count). The third kappa shape index (κ3) is 6.82. The summed E-state index contributed by atoms with van der Waals surface area (Å²) in [6, 6.07) is 15.0. The van der Waals surface area contributed by atoms with Crippen LogP contribution in [0.15, 0.2) is 78.9 Å². The van der Waals surface area contributed by atoms with Gasteiger partial charge in [-0.05, 0) is 32.3 Å². The van der Waals surface area contributed by atoms with Gasteiger partial charge in [-0.2, -0.15) is 9.61 Å². The number of morpholine rings is 1. The molecule has 3 heterocycles. The van der Waals surface area contributed by atoms with Crippen LogP contribution in [0.5, 0.6) is 0 Å². The van der Waals surface area contributed by atoms with E-state index < -0.39 is 0 Å². The normalized spacial score (nSPS) is 16.4. The molecule has 1 unspecified atom stereocenters. The molecule has 3 aromatic rings. The molecule has 1 aliphatic rings. The van der Waals surface area contributed by atoms with Crippen molar-refractivity contribution in [2.24, 2.45) is 0 Å². The van der Waals surface area contributed by atoms with E-state index in [0.29, 0.717) is 0 Å². The van der Waals surface area contributed by atoms with Crippen LogP contribution in [0.2, 0.25) is 0 Å². The van der Waals surface area contributed by atoms with E-state index in [1.54, 1.807) is 0 Å². The van der Waals surface area contributed by atoms with Gasteiger partial charge in [0.05, 0.1) is 24.6 Å². The maximum absolute atomic E-state index is 5.65. The quantitative estimate of drug-likeness (QED) is 0.259. The number of anilines is 1. The van der Waals surface area contributed by atoms with Gasteiger partial charge in [0, 0.05) is 41.0 Å². The van der Waals surface area contributed by atoms with Crippen LogP contribution in [0.1, 0.15) is 62.7 Å². The molecule has 1 aliphatic heterocycles. The first-order valence-corrected chi connectivity index (χ1v) is 14.2. The molecule has 0 radical (unpaired) electrons. The van der Waals surface area contributed by atoms with Crippen molar-refractivity contribution in [2.75, 3.05) is 31.2 Å². The Balaban J connectivity index is 1.76. The highest BCUT2D eigenvalue weighted by atomic mass is 32.2. The van der Waals surface area contributed by atoms with E-state index in [1.807, 2.05) is 23.2 Å².